The van der Waals surface area contributed by atoms with Gasteiger partial charge < -0.3 is 15.2 Å². The van der Waals surface area contributed by atoms with E-state index < -0.39 is 0 Å². The lowest BCUT2D eigenvalue weighted by Gasteiger charge is -2.34. The van der Waals surface area contributed by atoms with E-state index in [0.29, 0.717) is 18.3 Å². The van der Waals surface area contributed by atoms with E-state index in [1.54, 1.807) is 24.3 Å². The fourth-order valence-corrected chi connectivity index (χ4v) is 2.43. The first-order valence-electron chi connectivity index (χ1n) is 7.50. The van der Waals surface area contributed by atoms with Crippen LogP contribution in [-0.2, 0) is 4.79 Å². The molecule has 116 valence electrons. The summed E-state index contributed by atoms with van der Waals surface area (Å²) in [4.78, 5) is 14.0. The molecule has 0 bridgehead atoms. The average Bonchev–Trinajstić information content (AvgIpc) is 2.45. The molecular formula is C16H24N2O3. The van der Waals surface area contributed by atoms with Gasteiger partial charge in [0.15, 0.2) is 0 Å². The zero-order valence-electron chi connectivity index (χ0n) is 12.7. The molecule has 0 saturated carbocycles. The molecule has 0 radical (unpaired) electrons. The maximum absolute atomic E-state index is 11.9. The Labute approximate surface area is 126 Å². The van der Waals surface area contributed by atoms with E-state index in [1.165, 1.54) is 0 Å². The first-order chi connectivity index (χ1) is 10.1. The third-order valence-corrected chi connectivity index (χ3v) is 3.82. The highest BCUT2D eigenvalue weighted by molar-refractivity contribution is 5.74. The second-order valence-corrected chi connectivity index (χ2v) is 5.54. The molecule has 0 amide bonds. The van der Waals surface area contributed by atoms with Crippen LogP contribution in [0.3, 0.4) is 0 Å². The summed E-state index contributed by atoms with van der Waals surface area (Å²) in [7, 11) is 0. The summed E-state index contributed by atoms with van der Waals surface area (Å²) in [6, 6.07) is 7.21. The predicted octanol–water partition coefficient (Wildman–Crippen LogP) is 1.66. The molecule has 1 aromatic carbocycles. The molecule has 2 unspecified atom stereocenters. The molecule has 1 fully saturated rings. The number of likely N-dealkylation sites (tertiary alicyclic amines) is 1. The fourth-order valence-electron chi connectivity index (χ4n) is 2.43. The first-order valence-corrected chi connectivity index (χ1v) is 7.50. The molecule has 1 aromatic rings. The molecule has 1 heterocycles. The molecule has 1 aliphatic heterocycles. The minimum absolute atomic E-state index is 0.136. The molecule has 0 aliphatic carbocycles. The summed E-state index contributed by atoms with van der Waals surface area (Å²) in [5, 5.41) is 0. The number of piperidine rings is 1. The topological polar surface area (TPSA) is 64.8 Å². The normalized spacial score (nSPS) is 22.8. The Morgan fingerprint density at radius 3 is 2.62 bits per heavy atom. The Morgan fingerprint density at radius 2 is 2.00 bits per heavy atom. The minimum Gasteiger partial charge on any atom is -0.494 e. The van der Waals surface area contributed by atoms with Gasteiger partial charge in [-0.15, -0.1) is 0 Å². The number of nitrogens with two attached hydrogens (primary N) is 1. The first kappa shape index (κ1) is 15.8. The highest BCUT2D eigenvalue weighted by Crippen LogP contribution is 2.18. The highest BCUT2D eigenvalue weighted by atomic mass is 16.5. The fraction of sp³-hybridized carbons (Fsp3) is 0.562. The highest BCUT2D eigenvalue weighted by Gasteiger charge is 2.24. The molecule has 2 atom stereocenters. The van der Waals surface area contributed by atoms with E-state index in [2.05, 4.69) is 11.8 Å². The average molecular weight is 292 g/mol. The molecule has 5 heteroatoms. The molecule has 1 aliphatic rings. The van der Waals surface area contributed by atoms with Gasteiger partial charge in [0.25, 0.3) is 0 Å². The van der Waals surface area contributed by atoms with Crippen LogP contribution in [-0.4, -0.2) is 43.2 Å². The number of carbonyl (C=O) groups excluding carboxylic acids is 1. The van der Waals surface area contributed by atoms with E-state index in [1.807, 2.05) is 6.92 Å². The lowest BCUT2D eigenvalue weighted by molar-refractivity contribution is -0.136. The van der Waals surface area contributed by atoms with Crippen LogP contribution >= 0.6 is 0 Å². The lowest BCUT2D eigenvalue weighted by Crippen LogP contribution is -2.49. The Balaban J connectivity index is 1.81. The summed E-state index contributed by atoms with van der Waals surface area (Å²) >= 11 is 0. The number of benzene rings is 1. The van der Waals surface area contributed by atoms with Crippen LogP contribution in [0.5, 0.6) is 11.5 Å². The molecule has 2 rings (SSSR count). The van der Waals surface area contributed by atoms with E-state index in [9.17, 15) is 4.79 Å². The van der Waals surface area contributed by atoms with Crippen LogP contribution in [0.4, 0.5) is 0 Å². The van der Waals surface area contributed by atoms with Gasteiger partial charge in [0, 0.05) is 12.6 Å². The Kier molecular flexibility index (Phi) is 5.59. The predicted molar refractivity (Wildman–Crippen MR) is 81.4 cm³/mol. The third-order valence-electron chi connectivity index (χ3n) is 3.82. The van der Waals surface area contributed by atoms with E-state index in [-0.39, 0.29) is 18.6 Å². The van der Waals surface area contributed by atoms with E-state index in [0.717, 1.165) is 25.3 Å². The van der Waals surface area contributed by atoms with Gasteiger partial charge in [-0.05, 0) is 50.1 Å². The lowest BCUT2D eigenvalue weighted by atomic mass is 9.94. The van der Waals surface area contributed by atoms with Gasteiger partial charge in [0.1, 0.15) is 11.5 Å². The number of ether oxygens (including phenoxy) is 2. The molecule has 0 spiro atoms. The van der Waals surface area contributed by atoms with Gasteiger partial charge in [0.05, 0.1) is 13.2 Å². The van der Waals surface area contributed by atoms with Crippen LogP contribution < -0.4 is 15.2 Å². The van der Waals surface area contributed by atoms with Crippen LogP contribution in [0.2, 0.25) is 0 Å². The number of esters is 1. The third kappa shape index (κ3) is 4.72. The number of rotatable bonds is 5. The summed E-state index contributed by atoms with van der Waals surface area (Å²) in [6.07, 6.45) is 1.03. The van der Waals surface area contributed by atoms with Crippen molar-refractivity contribution < 1.29 is 14.3 Å². The van der Waals surface area contributed by atoms with Gasteiger partial charge in [-0.1, -0.05) is 6.92 Å². The van der Waals surface area contributed by atoms with Crippen molar-refractivity contribution in [2.75, 3.05) is 26.2 Å². The van der Waals surface area contributed by atoms with Crippen molar-refractivity contribution in [3.63, 3.8) is 0 Å². The van der Waals surface area contributed by atoms with Crippen molar-refractivity contribution in [3.8, 4) is 11.5 Å². The van der Waals surface area contributed by atoms with Gasteiger partial charge in [-0.2, -0.15) is 0 Å². The molecule has 1 saturated heterocycles. The van der Waals surface area contributed by atoms with Crippen LogP contribution in [0.15, 0.2) is 24.3 Å². The maximum atomic E-state index is 11.9. The number of carbonyl (C=O) groups is 1. The van der Waals surface area contributed by atoms with Crippen LogP contribution in [0.25, 0.3) is 0 Å². The number of hydrogen-bond acceptors (Lipinski definition) is 5. The standard InChI is InChI=1S/C16H24N2O3/c1-3-20-13-4-6-14(7-5-13)21-16(19)11-18-9-8-12(2)15(17)10-18/h4-7,12,15H,3,8-11,17H2,1-2H3. The van der Waals surface area contributed by atoms with Crippen molar-refractivity contribution in [1.82, 2.24) is 4.90 Å². The quantitative estimate of drug-likeness (QED) is 0.660. The Hall–Kier alpha value is -1.59. The summed E-state index contributed by atoms with van der Waals surface area (Å²) in [6.45, 7) is 6.63. The summed E-state index contributed by atoms with van der Waals surface area (Å²) in [5.74, 6) is 1.58. The molecule has 0 aromatic heterocycles. The molecule has 5 nitrogen and oxygen atoms in total. The van der Waals surface area contributed by atoms with E-state index in [4.69, 9.17) is 15.2 Å². The largest absolute Gasteiger partial charge is 0.494 e. The molecule has 2 N–H and O–H groups in total. The molecular weight excluding hydrogens is 268 g/mol. The SMILES string of the molecule is CCOc1ccc(OC(=O)CN2CCC(C)C(N)C2)cc1. The smallest absolute Gasteiger partial charge is 0.325 e. The van der Waals surface area contributed by atoms with Crippen molar-refractivity contribution >= 4 is 5.97 Å². The van der Waals surface area contributed by atoms with Crippen molar-refractivity contribution in [1.29, 1.82) is 0 Å². The zero-order valence-corrected chi connectivity index (χ0v) is 12.7. The van der Waals surface area contributed by atoms with Gasteiger partial charge >= 0.3 is 5.97 Å². The van der Waals surface area contributed by atoms with Crippen LogP contribution in [0.1, 0.15) is 20.3 Å². The van der Waals surface area contributed by atoms with Gasteiger partial charge in [0.2, 0.25) is 0 Å². The van der Waals surface area contributed by atoms with E-state index >= 15 is 0 Å². The minimum atomic E-state index is -0.249. The Morgan fingerprint density at radius 1 is 1.33 bits per heavy atom. The van der Waals surface area contributed by atoms with Crippen molar-refractivity contribution in [3.05, 3.63) is 24.3 Å². The monoisotopic (exact) mass is 292 g/mol. The van der Waals surface area contributed by atoms with Gasteiger partial charge in [-0.3, -0.25) is 9.69 Å². The van der Waals surface area contributed by atoms with Crippen molar-refractivity contribution in [2.24, 2.45) is 11.7 Å². The Bertz CT molecular complexity index is 461. The van der Waals surface area contributed by atoms with Gasteiger partial charge in [-0.25, -0.2) is 0 Å². The second kappa shape index (κ2) is 7.43. The maximum Gasteiger partial charge on any atom is 0.325 e. The molecule has 21 heavy (non-hydrogen) atoms. The number of hydrogen-bond donors (Lipinski definition) is 1. The number of nitrogens with zero attached hydrogens (tertiary/aromatic N) is 1. The summed E-state index contributed by atoms with van der Waals surface area (Å²) in [5.41, 5.74) is 6.03. The second-order valence-electron chi connectivity index (χ2n) is 5.54. The zero-order chi connectivity index (χ0) is 15.2. The van der Waals surface area contributed by atoms with Crippen LogP contribution in [0, 0.1) is 5.92 Å². The van der Waals surface area contributed by atoms with Crippen molar-refractivity contribution in [2.45, 2.75) is 26.3 Å². The summed E-state index contributed by atoms with van der Waals surface area (Å²) < 4.78 is 10.7.